The summed E-state index contributed by atoms with van der Waals surface area (Å²) in [5, 5.41) is 0. The summed E-state index contributed by atoms with van der Waals surface area (Å²) in [5.41, 5.74) is 0. The normalized spacial score (nSPS) is 12.4. The summed E-state index contributed by atoms with van der Waals surface area (Å²) in [6, 6.07) is 0. The summed E-state index contributed by atoms with van der Waals surface area (Å²) in [7, 11) is 0. The summed E-state index contributed by atoms with van der Waals surface area (Å²) in [6.07, 6.45) is 77.1. The minimum absolute atomic E-state index is 0.0810. The van der Waals surface area contributed by atoms with E-state index in [0.29, 0.717) is 19.4 Å². The van der Waals surface area contributed by atoms with E-state index in [4.69, 9.17) is 14.2 Å². The molecule has 0 aromatic heterocycles. The number of unbranched alkanes of at least 4 members (excludes halogenated alkanes) is 39. The third-order valence-corrected chi connectivity index (χ3v) is 13.8. The highest BCUT2D eigenvalue weighted by Gasteiger charge is 2.17. The molecule has 0 saturated heterocycles. The van der Waals surface area contributed by atoms with Crippen molar-refractivity contribution in [1.82, 2.24) is 0 Å². The molecule has 0 aliphatic rings. The van der Waals surface area contributed by atoms with Crippen molar-refractivity contribution in [1.29, 1.82) is 0 Å². The molecule has 5 nitrogen and oxygen atoms in total. The number of allylic oxidation sites excluding steroid dienone is 8. The fourth-order valence-corrected chi connectivity index (χ4v) is 9.12. The maximum Gasteiger partial charge on any atom is 0.306 e. The summed E-state index contributed by atoms with van der Waals surface area (Å²) in [6.45, 7) is 7.83. The van der Waals surface area contributed by atoms with Gasteiger partial charge in [-0.05, 0) is 103 Å². The van der Waals surface area contributed by atoms with E-state index >= 15 is 0 Å². The van der Waals surface area contributed by atoms with Crippen molar-refractivity contribution in [2.75, 3.05) is 19.8 Å². The summed E-state index contributed by atoms with van der Waals surface area (Å²) in [4.78, 5) is 25.6. The predicted molar refractivity (Wildman–Crippen MR) is 307 cm³/mol. The summed E-state index contributed by atoms with van der Waals surface area (Å²) in [5.74, 6) is -0.399. The van der Waals surface area contributed by atoms with Gasteiger partial charge in [-0.2, -0.15) is 0 Å². The van der Waals surface area contributed by atoms with E-state index in [1.807, 2.05) is 0 Å². The first-order chi connectivity index (χ1) is 34.6. The van der Waals surface area contributed by atoms with Gasteiger partial charge < -0.3 is 14.2 Å². The van der Waals surface area contributed by atoms with Gasteiger partial charge in [-0.1, -0.05) is 262 Å². The number of esters is 2. The molecule has 1 unspecified atom stereocenters. The van der Waals surface area contributed by atoms with Crippen LogP contribution in [-0.4, -0.2) is 37.9 Å². The Bertz CT molecular complexity index is 1150. The van der Waals surface area contributed by atoms with Crippen LogP contribution in [0.15, 0.2) is 48.6 Å². The number of ether oxygens (including phenoxy) is 3. The van der Waals surface area contributed by atoms with Gasteiger partial charge in [0.2, 0.25) is 0 Å². The van der Waals surface area contributed by atoms with Crippen LogP contribution in [0, 0.1) is 0 Å². The molecule has 0 bridgehead atoms. The molecule has 0 amide bonds. The second-order valence-electron chi connectivity index (χ2n) is 21.0. The molecule has 0 fully saturated rings. The number of carbonyl (C=O) groups excluding carboxylic acids is 2. The number of hydrogen-bond acceptors (Lipinski definition) is 5. The molecule has 0 rings (SSSR count). The van der Waals surface area contributed by atoms with Crippen LogP contribution >= 0.6 is 0 Å². The first-order valence-corrected chi connectivity index (χ1v) is 31.2. The van der Waals surface area contributed by atoms with Gasteiger partial charge in [0.15, 0.2) is 6.10 Å². The molecule has 0 aromatic rings. The van der Waals surface area contributed by atoms with Gasteiger partial charge in [0.05, 0.1) is 6.61 Å². The first kappa shape index (κ1) is 67.9. The van der Waals surface area contributed by atoms with Crippen LogP contribution in [0.2, 0.25) is 0 Å². The van der Waals surface area contributed by atoms with Crippen LogP contribution in [0.4, 0.5) is 0 Å². The second kappa shape index (κ2) is 61.2. The topological polar surface area (TPSA) is 61.8 Å². The molecule has 0 N–H and O–H groups in total. The molecule has 1 atom stereocenters. The monoisotopic (exact) mass is 981 g/mol. The fourth-order valence-electron chi connectivity index (χ4n) is 9.12. The van der Waals surface area contributed by atoms with Crippen molar-refractivity contribution >= 4 is 11.9 Å². The zero-order valence-corrected chi connectivity index (χ0v) is 47.3. The molecule has 0 aromatic carbocycles. The quantitative estimate of drug-likeness (QED) is 0.0345. The van der Waals surface area contributed by atoms with Crippen LogP contribution in [0.3, 0.4) is 0 Å². The van der Waals surface area contributed by atoms with Crippen molar-refractivity contribution in [2.45, 2.75) is 335 Å². The minimum Gasteiger partial charge on any atom is -0.462 e. The molecule has 0 spiro atoms. The fraction of sp³-hybridized carbons (Fsp3) is 0.846. The van der Waals surface area contributed by atoms with Crippen molar-refractivity contribution < 1.29 is 23.8 Å². The Morgan fingerprint density at radius 2 is 0.600 bits per heavy atom. The molecular weight excluding hydrogens is 861 g/mol. The number of carbonyl (C=O) groups is 2. The Kier molecular flexibility index (Phi) is 59.3. The highest BCUT2D eigenvalue weighted by atomic mass is 16.6. The Hall–Kier alpha value is -2.14. The smallest absolute Gasteiger partial charge is 0.306 e. The standard InChI is InChI=1S/C65H120O5/c1-4-7-10-13-16-19-22-25-28-30-32-34-36-39-42-45-48-51-54-57-60-68-61-63(70-65(67)59-56-53-50-47-44-41-37-27-24-21-18-15-12-9-6-3)62-69-64(66)58-55-52-49-46-43-40-38-35-33-31-29-26-23-20-17-14-11-8-5-2/h18,21,25-29,37,63H,4-17,19-20,22-24,30-36,38-62H2,1-3H3/b21-18-,28-25-,29-26-,37-27-. The van der Waals surface area contributed by atoms with Crippen molar-refractivity contribution in [3.8, 4) is 0 Å². The van der Waals surface area contributed by atoms with E-state index in [2.05, 4.69) is 69.4 Å². The van der Waals surface area contributed by atoms with Crippen LogP contribution in [0.5, 0.6) is 0 Å². The highest BCUT2D eigenvalue weighted by Crippen LogP contribution is 2.16. The zero-order chi connectivity index (χ0) is 50.6. The lowest BCUT2D eigenvalue weighted by molar-refractivity contribution is -0.163. The van der Waals surface area contributed by atoms with Gasteiger partial charge in [0.1, 0.15) is 6.61 Å². The average Bonchev–Trinajstić information content (AvgIpc) is 3.36. The number of hydrogen-bond donors (Lipinski definition) is 0. The zero-order valence-electron chi connectivity index (χ0n) is 47.3. The maximum absolute atomic E-state index is 12.9. The Balaban J connectivity index is 4.24. The highest BCUT2D eigenvalue weighted by molar-refractivity contribution is 5.70. The van der Waals surface area contributed by atoms with E-state index in [-0.39, 0.29) is 25.2 Å². The van der Waals surface area contributed by atoms with E-state index < -0.39 is 6.10 Å². The maximum atomic E-state index is 12.9. The van der Waals surface area contributed by atoms with E-state index in [9.17, 15) is 9.59 Å². The number of rotatable bonds is 58. The van der Waals surface area contributed by atoms with Gasteiger partial charge in [-0.3, -0.25) is 9.59 Å². The SMILES string of the molecule is CCCCC/C=C\C/C=C\CCCCCCCC(=O)OC(COCCCCCCCCCCCC/C=C\CCCCCCCC)COC(=O)CCCCCCCCCCC/C=C\CCCCCCCC. The largest absolute Gasteiger partial charge is 0.462 e. The molecule has 0 saturated carbocycles. The van der Waals surface area contributed by atoms with Gasteiger partial charge >= 0.3 is 11.9 Å². The van der Waals surface area contributed by atoms with Gasteiger partial charge in [0.25, 0.3) is 0 Å². The summed E-state index contributed by atoms with van der Waals surface area (Å²) < 4.78 is 17.5. The van der Waals surface area contributed by atoms with Crippen LogP contribution in [0.1, 0.15) is 329 Å². The molecule has 5 heteroatoms. The van der Waals surface area contributed by atoms with Gasteiger partial charge in [-0.25, -0.2) is 0 Å². The second-order valence-corrected chi connectivity index (χ2v) is 21.0. The minimum atomic E-state index is -0.545. The van der Waals surface area contributed by atoms with Crippen molar-refractivity contribution in [3.63, 3.8) is 0 Å². The van der Waals surface area contributed by atoms with Gasteiger partial charge in [0, 0.05) is 19.4 Å². The van der Waals surface area contributed by atoms with Gasteiger partial charge in [-0.15, -0.1) is 0 Å². The lowest BCUT2D eigenvalue weighted by atomic mass is 10.1. The van der Waals surface area contributed by atoms with Crippen molar-refractivity contribution in [2.24, 2.45) is 0 Å². The lowest BCUT2D eigenvalue weighted by Crippen LogP contribution is -2.30. The summed E-state index contributed by atoms with van der Waals surface area (Å²) >= 11 is 0. The average molecular weight is 982 g/mol. The molecule has 0 aliphatic heterocycles. The molecule has 0 aliphatic carbocycles. The van der Waals surface area contributed by atoms with E-state index in [0.717, 1.165) is 57.8 Å². The van der Waals surface area contributed by atoms with Crippen LogP contribution < -0.4 is 0 Å². The molecule has 70 heavy (non-hydrogen) atoms. The Morgan fingerprint density at radius 1 is 0.314 bits per heavy atom. The Labute approximate surface area is 437 Å². The van der Waals surface area contributed by atoms with Crippen LogP contribution in [0.25, 0.3) is 0 Å². The lowest BCUT2D eigenvalue weighted by Gasteiger charge is -2.18. The van der Waals surface area contributed by atoms with E-state index in [1.54, 1.807) is 0 Å². The van der Waals surface area contributed by atoms with Crippen LogP contribution in [-0.2, 0) is 23.8 Å². The Morgan fingerprint density at radius 3 is 0.986 bits per heavy atom. The molecule has 410 valence electrons. The van der Waals surface area contributed by atoms with E-state index in [1.165, 1.54) is 238 Å². The molecular formula is C65H120O5. The third-order valence-electron chi connectivity index (χ3n) is 13.8. The molecule has 0 radical (unpaired) electrons. The molecule has 0 heterocycles. The van der Waals surface area contributed by atoms with Crippen molar-refractivity contribution in [3.05, 3.63) is 48.6 Å². The first-order valence-electron chi connectivity index (χ1n) is 31.2. The third kappa shape index (κ3) is 58.4. The predicted octanol–water partition coefficient (Wildman–Crippen LogP) is 21.5.